The molecule has 0 aromatic heterocycles. The van der Waals surface area contributed by atoms with Crippen LogP contribution in [0.5, 0.6) is 0 Å². The van der Waals surface area contributed by atoms with Crippen LogP contribution in [0.1, 0.15) is 58.8 Å². The number of hydrogen-bond acceptors (Lipinski definition) is 2. The SMILES string of the molecule is CC12CCC3C(CC=C4C5COC5CCC43C)C1CCC2=O. The van der Waals surface area contributed by atoms with Crippen molar-refractivity contribution < 1.29 is 9.53 Å². The van der Waals surface area contributed by atoms with Gasteiger partial charge in [0.2, 0.25) is 0 Å². The number of carbonyl (C=O) groups is 1. The summed E-state index contributed by atoms with van der Waals surface area (Å²) in [5.41, 5.74) is 2.16. The Labute approximate surface area is 133 Å². The van der Waals surface area contributed by atoms with Gasteiger partial charge in [0.05, 0.1) is 12.7 Å². The molecule has 0 N–H and O–H groups in total. The maximum Gasteiger partial charge on any atom is 0.139 e. The molecule has 120 valence electrons. The van der Waals surface area contributed by atoms with E-state index in [1.807, 2.05) is 0 Å². The topological polar surface area (TPSA) is 26.3 Å². The average Bonchev–Trinajstić information content (AvgIpc) is 2.76. The maximum atomic E-state index is 12.4. The quantitative estimate of drug-likeness (QED) is 0.628. The Balaban J connectivity index is 1.53. The lowest BCUT2D eigenvalue weighted by molar-refractivity contribution is -0.148. The molecule has 0 spiro atoms. The number of hydrogen-bond donors (Lipinski definition) is 0. The summed E-state index contributed by atoms with van der Waals surface area (Å²) in [6.45, 7) is 5.79. The van der Waals surface area contributed by atoms with Gasteiger partial charge in [-0.05, 0) is 61.7 Å². The summed E-state index contributed by atoms with van der Waals surface area (Å²) >= 11 is 0. The highest BCUT2D eigenvalue weighted by Crippen LogP contribution is 2.65. The first-order valence-electron chi connectivity index (χ1n) is 9.39. The Morgan fingerprint density at radius 3 is 2.64 bits per heavy atom. The van der Waals surface area contributed by atoms with Crippen molar-refractivity contribution in [1.82, 2.24) is 0 Å². The highest BCUT2D eigenvalue weighted by Gasteiger charge is 2.60. The van der Waals surface area contributed by atoms with E-state index in [1.54, 1.807) is 5.57 Å². The van der Waals surface area contributed by atoms with Crippen molar-refractivity contribution in [2.24, 2.45) is 34.5 Å². The molecular weight excluding hydrogens is 272 g/mol. The lowest BCUT2D eigenvalue weighted by Crippen LogP contribution is -2.56. The number of ketones is 1. The summed E-state index contributed by atoms with van der Waals surface area (Å²) in [6, 6.07) is 0. The van der Waals surface area contributed by atoms with E-state index in [0.717, 1.165) is 43.6 Å². The van der Waals surface area contributed by atoms with E-state index in [1.165, 1.54) is 25.7 Å². The third-order valence-electron chi connectivity index (χ3n) is 8.52. The van der Waals surface area contributed by atoms with E-state index in [0.29, 0.717) is 23.2 Å². The molecule has 1 aliphatic heterocycles. The van der Waals surface area contributed by atoms with Crippen molar-refractivity contribution in [3.8, 4) is 0 Å². The molecule has 22 heavy (non-hydrogen) atoms. The van der Waals surface area contributed by atoms with Crippen molar-refractivity contribution in [1.29, 1.82) is 0 Å². The Morgan fingerprint density at radius 2 is 1.86 bits per heavy atom. The third kappa shape index (κ3) is 1.48. The van der Waals surface area contributed by atoms with Gasteiger partial charge in [0.1, 0.15) is 5.78 Å². The second-order valence-corrected chi connectivity index (χ2v) is 9.12. The summed E-state index contributed by atoms with van der Waals surface area (Å²) in [4.78, 5) is 12.4. The monoisotopic (exact) mass is 300 g/mol. The Hall–Kier alpha value is -0.630. The molecule has 0 amide bonds. The van der Waals surface area contributed by atoms with Gasteiger partial charge in [0.25, 0.3) is 0 Å². The number of fused-ring (bicyclic) bond motifs is 7. The summed E-state index contributed by atoms with van der Waals surface area (Å²) in [7, 11) is 0. The molecule has 0 radical (unpaired) electrons. The number of carbonyl (C=O) groups excluding carboxylic acids is 1. The number of Topliss-reactive ketones (excluding diaryl/α,β-unsaturated/α-hetero) is 1. The second kappa shape index (κ2) is 4.26. The molecule has 0 aromatic rings. The fourth-order valence-electron chi connectivity index (χ4n) is 7.14. The Morgan fingerprint density at radius 1 is 1.09 bits per heavy atom. The minimum atomic E-state index is 0.0135. The van der Waals surface area contributed by atoms with Crippen LogP contribution in [0.2, 0.25) is 0 Å². The molecule has 5 rings (SSSR count). The van der Waals surface area contributed by atoms with Crippen molar-refractivity contribution in [2.75, 3.05) is 6.61 Å². The summed E-state index contributed by atoms with van der Waals surface area (Å²) in [5.74, 6) is 3.52. The first-order chi connectivity index (χ1) is 10.5. The lowest BCUT2D eigenvalue weighted by Gasteiger charge is -2.60. The third-order valence-corrected chi connectivity index (χ3v) is 8.52. The molecule has 2 heteroatoms. The average molecular weight is 300 g/mol. The maximum absolute atomic E-state index is 12.4. The molecule has 1 heterocycles. The van der Waals surface area contributed by atoms with E-state index >= 15 is 0 Å². The number of rotatable bonds is 0. The minimum Gasteiger partial charge on any atom is -0.377 e. The van der Waals surface area contributed by atoms with Gasteiger partial charge < -0.3 is 4.74 Å². The van der Waals surface area contributed by atoms with E-state index in [4.69, 9.17) is 4.74 Å². The standard InChI is InChI=1S/C20H28O2/c1-19-10-8-17-13(11-22-17)15(19)4-3-12-14-5-6-18(21)20(14,2)9-7-16(12)19/h4,12-14,16-17H,3,5-11H2,1-2H3. The highest BCUT2D eigenvalue weighted by atomic mass is 16.5. The highest BCUT2D eigenvalue weighted by molar-refractivity contribution is 5.87. The van der Waals surface area contributed by atoms with E-state index in [-0.39, 0.29) is 5.41 Å². The van der Waals surface area contributed by atoms with Crippen molar-refractivity contribution in [2.45, 2.75) is 64.9 Å². The van der Waals surface area contributed by atoms with Crippen LogP contribution in [0.3, 0.4) is 0 Å². The molecule has 0 bridgehead atoms. The van der Waals surface area contributed by atoms with Gasteiger partial charge >= 0.3 is 0 Å². The zero-order chi connectivity index (χ0) is 15.1. The number of allylic oxidation sites excluding steroid dienone is 1. The van der Waals surface area contributed by atoms with Gasteiger partial charge in [-0.3, -0.25) is 4.79 Å². The van der Waals surface area contributed by atoms with Crippen LogP contribution in [0.15, 0.2) is 11.6 Å². The summed E-state index contributed by atoms with van der Waals surface area (Å²) < 4.78 is 5.78. The number of ether oxygens (including phenoxy) is 1. The van der Waals surface area contributed by atoms with Crippen LogP contribution in [0.4, 0.5) is 0 Å². The molecule has 4 fully saturated rings. The fourth-order valence-corrected chi connectivity index (χ4v) is 7.14. The molecule has 1 saturated heterocycles. The van der Waals surface area contributed by atoms with Crippen LogP contribution in [-0.2, 0) is 9.53 Å². The van der Waals surface area contributed by atoms with E-state index in [9.17, 15) is 4.79 Å². The largest absolute Gasteiger partial charge is 0.377 e. The molecule has 7 unspecified atom stereocenters. The van der Waals surface area contributed by atoms with Crippen LogP contribution >= 0.6 is 0 Å². The lowest BCUT2D eigenvalue weighted by atomic mass is 9.46. The fraction of sp³-hybridized carbons (Fsp3) is 0.850. The first-order valence-corrected chi connectivity index (χ1v) is 9.39. The van der Waals surface area contributed by atoms with E-state index in [2.05, 4.69) is 19.9 Å². The smallest absolute Gasteiger partial charge is 0.139 e. The molecule has 0 aromatic carbocycles. The first kappa shape index (κ1) is 13.8. The van der Waals surface area contributed by atoms with Crippen LogP contribution in [0.25, 0.3) is 0 Å². The molecule has 2 nitrogen and oxygen atoms in total. The predicted molar refractivity (Wildman–Crippen MR) is 85.3 cm³/mol. The molecule has 4 aliphatic carbocycles. The Bertz CT molecular complexity index is 564. The van der Waals surface area contributed by atoms with Crippen LogP contribution in [-0.4, -0.2) is 18.5 Å². The van der Waals surface area contributed by atoms with Gasteiger partial charge in [-0.25, -0.2) is 0 Å². The molecule has 5 aliphatic rings. The Kier molecular flexibility index (Phi) is 2.67. The van der Waals surface area contributed by atoms with E-state index < -0.39 is 0 Å². The second-order valence-electron chi connectivity index (χ2n) is 9.12. The van der Waals surface area contributed by atoms with Gasteiger partial charge in [0, 0.05) is 17.8 Å². The van der Waals surface area contributed by atoms with Crippen molar-refractivity contribution in [3.05, 3.63) is 11.6 Å². The zero-order valence-corrected chi connectivity index (χ0v) is 13.9. The zero-order valence-electron chi connectivity index (χ0n) is 13.9. The van der Waals surface area contributed by atoms with Crippen LogP contribution in [0, 0.1) is 34.5 Å². The van der Waals surface area contributed by atoms with Gasteiger partial charge in [-0.15, -0.1) is 0 Å². The van der Waals surface area contributed by atoms with Crippen LogP contribution < -0.4 is 0 Å². The summed E-state index contributed by atoms with van der Waals surface area (Å²) in [6.07, 6.45) is 11.3. The minimum absolute atomic E-state index is 0.0135. The van der Waals surface area contributed by atoms with Gasteiger partial charge in [-0.2, -0.15) is 0 Å². The van der Waals surface area contributed by atoms with Gasteiger partial charge in [0.15, 0.2) is 0 Å². The van der Waals surface area contributed by atoms with Gasteiger partial charge in [-0.1, -0.05) is 25.5 Å². The molecular formula is C20H28O2. The molecule has 7 atom stereocenters. The summed E-state index contributed by atoms with van der Waals surface area (Å²) in [5, 5.41) is 0. The normalized spacial score (nSPS) is 56.2. The van der Waals surface area contributed by atoms with Crippen molar-refractivity contribution in [3.63, 3.8) is 0 Å². The van der Waals surface area contributed by atoms with Crippen molar-refractivity contribution >= 4 is 5.78 Å². The predicted octanol–water partition coefficient (Wildman–Crippen LogP) is 4.14. The molecule has 3 saturated carbocycles.